The average Bonchev–Trinajstić information content (AvgIpc) is 2.03. The second kappa shape index (κ2) is 5.75. The van der Waals surface area contributed by atoms with Crippen molar-refractivity contribution in [2.45, 2.75) is 13.3 Å². The Morgan fingerprint density at radius 3 is 2.73 bits per heavy atom. The maximum Gasteiger partial charge on any atom is 0.237 e. The van der Waals surface area contributed by atoms with Crippen molar-refractivity contribution >= 4 is 5.91 Å². The Balaban J connectivity index is 3.89. The molecule has 0 aliphatic carbocycles. The maximum absolute atomic E-state index is 11.0. The van der Waals surface area contributed by atoms with Crippen molar-refractivity contribution in [1.82, 2.24) is 4.90 Å². The van der Waals surface area contributed by atoms with Crippen LogP contribution in [0.1, 0.15) is 13.3 Å². The molecule has 0 aliphatic rings. The Morgan fingerprint density at radius 2 is 2.36 bits per heavy atom. The average molecular weight is 154 g/mol. The second-order valence-electron chi connectivity index (χ2n) is 2.22. The Hall–Kier alpha value is -1.01. The molecule has 0 fully saturated rings. The summed E-state index contributed by atoms with van der Waals surface area (Å²) >= 11 is 0. The van der Waals surface area contributed by atoms with Gasteiger partial charge in [0.05, 0.1) is 13.1 Å². The quantitative estimate of drug-likeness (QED) is 0.571. The molecule has 0 atom stereocenters. The van der Waals surface area contributed by atoms with Gasteiger partial charge in [0.2, 0.25) is 5.91 Å². The van der Waals surface area contributed by atoms with Gasteiger partial charge in [-0.1, -0.05) is 12.8 Å². The molecular weight excluding hydrogens is 140 g/mol. The molecule has 0 unspecified atom stereocenters. The SMILES string of the molecule is C#CCN(CCC)C(=O)CN. The molecule has 3 heteroatoms. The van der Waals surface area contributed by atoms with Crippen LogP contribution in [-0.4, -0.2) is 30.4 Å². The fraction of sp³-hybridized carbons (Fsp3) is 0.625. The summed E-state index contributed by atoms with van der Waals surface area (Å²) in [4.78, 5) is 12.6. The van der Waals surface area contributed by atoms with Gasteiger partial charge in [0.15, 0.2) is 0 Å². The summed E-state index contributed by atoms with van der Waals surface area (Å²) in [5.41, 5.74) is 5.17. The summed E-state index contributed by atoms with van der Waals surface area (Å²) in [6.07, 6.45) is 5.98. The van der Waals surface area contributed by atoms with Gasteiger partial charge in [-0.05, 0) is 6.42 Å². The lowest BCUT2D eigenvalue weighted by atomic mass is 10.4. The minimum absolute atomic E-state index is 0.0433. The molecule has 0 radical (unpaired) electrons. The van der Waals surface area contributed by atoms with E-state index in [9.17, 15) is 4.79 Å². The van der Waals surface area contributed by atoms with Gasteiger partial charge in [0.1, 0.15) is 0 Å². The smallest absolute Gasteiger partial charge is 0.237 e. The van der Waals surface area contributed by atoms with Crippen molar-refractivity contribution in [3.05, 3.63) is 0 Å². The van der Waals surface area contributed by atoms with E-state index in [1.165, 1.54) is 0 Å². The van der Waals surface area contributed by atoms with Crippen LogP contribution in [0.5, 0.6) is 0 Å². The number of amides is 1. The van der Waals surface area contributed by atoms with Crippen LogP contribution in [0.15, 0.2) is 0 Å². The third-order valence-corrected chi connectivity index (χ3v) is 1.30. The molecule has 0 rings (SSSR count). The number of nitrogens with zero attached hydrogens (tertiary/aromatic N) is 1. The number of carbonyl (C=O) groups is 1. The summed E-state index contributed by atoms with van der Waals surface area (Å²) in [6, 6.07) is 0. The van der Waals surface area contributed by atoms with Crippen molar-refractivity contribution in [2.75, 3.05) is 19.6 Å². The van der Waals surface area contributed by atoms with Crippen LogP contribution in [0.2, 0.25) is 0 Å². The normalized spacial score (nSPS) is 8.82. The van der Waals surface area contributed by atoms with E-state index in [1.54, 1.807) is 4.90 Å². The molecule has 2 N–H and O–H groups in total. The molecule has 0 saturated heterocycles. The van der Waals surface area contributed by atoms with Crippen LogP contribution >= 0.6 is 0 Å². The fourth-order valence-corrected chi connectivity index (χ4v) is 0.801. The Kier molecular flexibility index (Phi) is 5.22. The van der Waals surface area contributed by atoms with Crippen molar-refractivity contribution in [2.24, 2.45) is 5.73 Å². The predicted octanol–water partition coefficient (Wildman–Crippen LogP) is -0.183. The first-order valence-corrected chi connectivity index (χ1v) is 3.67. The highest BCUT2D eigenvalue weighted by atomic mass is 16.2. The monoisotopic (exact) mass is 154 g/mol. The standard InChI is InChI=1S/C8H14N2O/c1-3-5-10(6-4-2)8(11)7-9/h1H,4-7,9H2,2H3. The van der Waals surface area contributed by atoms with Gasteiger partial charge >= 0.3 is 0 Å². The zero-order valence-corrected chi connectivity index (χ0v) is 6.84. The van der Waals surface area contributed by atoms with Crippen LogP contribution < -0.4 is 5.73 Å². The Bertz CT molecular complexity index is 160. The third kappa shape index (κ3) is 3.64. The predicted molar refractivity (Wildman–Crippen MR) is 44.8 cm³/mol. The van der Waals surface area contributed by atoms with E-state index in [4.69, 9.17) is 12.2 Å². The van der Waals surface area contributed by atoms with Gasteiger partial charge in [-0.25, -0.2) is 0 Å². The van der Waals surface area contributed by atoms with Crippen LogP contribution in [0, 0.1) is 12.3 Å². The molecule has 0 heterocycles. The minimum Gasteiger partial charge on any atom is -0.330 e. The van der Waals surface area contributed by atoms with E-state index < -0.39 is 0 Å². The lowest BCUT2D eigenvalue weighted by Crippen LogP contribution is -2.36. The molecule has 0 spiro atoms. The molecule has 0 aliphatic heterocycles. The van der Waals surface area contributed by atoms with Crippen LogP contribution in [0.25, 0.3) is 0 Å². The van der Waals surface area contributed by atoms with Crippen molar-refractivity contribution in [3.63, 3.8) is 0 Å². The molecule has 0 aromatic heterocycles. The molecule has 0 saturated carbocycles. The van der Waals surface area contributed by atoms with E-state index in [0.29, 0.717) is 13.1 Å². The number of nitrogens with two attached hydrogens (primary N) is 1. The molecule has 62 valence electrons. The Morgan fingerprint density at radius 1 is 1.73 bits per heavy atom. The highest BCUT2D eigenvalue weighted by Gasteiger charge is 2.07. The molecule has 0 aromatic carbocycles. The van der Waals surface area contributed by atoms with Gasteiger partial charge in [-0.15, -0.1) is 6.42 Å². The van der Waals surface area contributed by atoms with Crippen molar-refractivity contribution in [3.8, 4) is 12.3 Å². The van der Waals surface area contributed by atoms with Crippen LogP contribution in [-0.2, 0) is 4.79 Å². The number of terminal acetylenes is 1. The number of rotatable bonds is 4. The first-order chi connectivity index (χ1) is 5.26. The highest BCUT2D eigenvalue weighted by molar-refractivity contribution is 5.78. The molecule has 1 amide bonds. The van der Waals surface area contributed by atoms with Gasteiger partial charge in [0, 0.05) is 6.54 Å². The minimum atomic E-state index is -0.0789. The third-order valence-electron chi connectivity index (χ3n) is 1.30. The van der Waals surface area contributed by atoms with E-state index >= 15 is 0 Å². The summed E-state index contributed by atoms with van der Waals surface area (Å²) in [7, 11) is 0. The first-order valence-electron chi connectivity index (χ1n) is 3.67. The summed E-state index contributed by atoms with van der Waals surface area (Å²) in [5, 5.41) is 0. The maximum atomic E-state index is 11.0. The van der Waals surface area contributed by atoms with Gasteiger partial charge in [-0.2, -0.15) is 0 Å². The van der Waals surface area contributed by atoms with Crippen molar-refractivity contribution in [1.29, 1.82) is 0 Å². The number of hydrogen-bond acceptors (Lipinski definition) is 2. The zero-order valence-electron chi connectivity index (χ0n) is 6.84. The highest BCUT2D eigenvalue weighted by Crippen LogP contribution is 1.90. The van der Waals surface area contributed by atoms with Crippen LogP contribution in [0.4, 0.5) is 0 Å². The lowest BCUT2D eigenvalue weighted by Gasteiger charge is -2.17. The fourth-order valence-electron chi connectivity index (χ4n) is 0.801. The largest absolute Gasteiger partial charge is 0.330 e. The van der Waals surface area contributed by atoms with Gasteiger partial charge in [0.25, 0.3) is 0 Å². The lowest BCUT2D eigenvalue weighted by molar-refractivity contribution is -0.129. The van der Waals surface area contributed by atoms with E-state index in [1.807, 2.05) is 6.92 Å². The van der Waals surface area contributed by atoms with Crippen molar-refractivity contribution < 1.29 is 4.79 Å². The van der Waals surface area contributed by atoms with E-state index in [2.05, 4.69) is 5.92 Å². The second-order valence-corrected chi connectivity index (χ2v) is 2.22. The summed E-state index contributed by atoms with van der Waals surface area (Å²) in [6.45, 7) is 3.10. The molecule has 3 nitrogen and oxygen atoms in total. The topological polar surface area (TPSA) is 46.3 Å². The molecule has 0 bridgehead atoms. The summed E-state index contributed by atoms with van der Waals surface area (Å²) in [5.74, 6) is 2.34. The van der Waals surface area contributed by atoms with E-state index in [0.717, 1.165) is 6.42 Å². The summed E-state index contributed by atoms with van der Waals surface area (Å²) < 4.78 is 0. The molecule has 11 heavy (non-hydrogen) atoms. The van der Waals surface area contributed by atoms with Gasteiger partial charge in [-0.3, -0.25) is 4.79 Å². The number of carbonyl (C=O) groups excluding carboxylic acids is 1. The zero-order chi connectivity index (χ0) is 8.69. The number of hydrogen-bond donors (Lipinski definition) is 1. The Labute approximate surface area is 67.6 Å². The van der Waals surface area contributed by atoms with Gasteiger partial charge < -0.3 is 10.6 Å². The first kappa shape index (κ1) is 9.99. The molecular formula is C8H14N2O. The molecule has 0 aromatic rings. The van der Waals surface area contributed by atoms with Crippen LogP contribution in [0.3, 0.4) is 0 Å². The van der Waals surface area contributed by atoms with E-state index in [-0.39, 0.29) is 12.5 Å².